The molecule has 2 N–H and O–H groups in total. The van der Waals surface area contributed by atoms with Crippen LogP contribution in [0.5, 0.6) is 0 Å². The maximum atomic E-state index is 12.9. The number of halogens is 3. The van der Waals surface area contributed by atoms with Crippen molar-refractivity contribution >= 4 is 17.7 Å². The smallest absolute Gasteiger partial charge is 0.416 e. The fourth-order valence-electron chi connectivity index (χ4n) is 3.95. The second-order valence-electron chi connectivity index (χ2n) is 9.89. The van der Waals surface area contributed by atoms with Gasteiger partial charge in [0.15, 0.2) is 0 Å². The maximum absolute atomic E-state index is 12.9. The fraction of sp³-hybridized carbons (Fsp3) is 0.385. The normalized spacial score (nSPS) is 14.2. The minimum atomic E-state index is -4.42. The van der Waals surface area contributed by atoms with Crippen LogP contribution in [-0.4, -0.2) is 33.8 Å². The lowest BCUT2D eigenvalue weighted by atomic mass is 10.0. The van der Waals surface area contributed by atoms with E-state index < -0.39 is 29.5 Å². The van der Waals surface area contributed by atoms with Crippen LogP contribution >= 0.6 is 0 Å². The quantitative estimate of drug-likeness (QED) is 0.440. The van der Waals surface area contributed by atoms with Crippen molar-refractivity contribution in [3.05, 3.63) is 65.0 Å². The largest absolute Gasteiger partial charge is 0.444 e. The highest BCUT2D eigenvalue weighted by Crippen LogP contribution is 2.30. The van der Waals surface area contributed by atoms with Crippen LogP contribution in [0.4, 0.5) is 23.7 Å². The molecule has 0 spiro atoms. The highest BCUT2D eigenvalue weighted by molar-refractivity contribution is 5.99. The number of amides is 2. The van der Waals surface area contributed by atoms with Gasteiger partial charge in [0, 0.05) is 23.7 Å². The first-order chi connectivity index (χ1) is 17.4. The molecule has 1 aliphatic rings. The minimum absolute atomic E-state index is 0.0717. The standard InChI is InChI=1S/C26H27F3N4O4/c1-25(2,3)36-24(35)30-19(12-15-4-7-18(8-5-15)26(27,28)29)9-11-22-32-23(33-37-22)16-6-10-20-17(13-16)14-21(34)31-20/h4-8,10,13,19H,9,11-12,14H2,1-3H3,(H,30,35)(H,31,34)/t19-/m1/s1. The Kier molecular flexibility index (Phi) is 7.24. The predicted molar refractivity (Wildman–Crippen MR) is 129 cm³/mol. The Hall–Kier alpha value is -3.89. The predicted octanol–water partition coefficient (Wildman–Crippen LogP) is 5.32. The highest BCUT2D eigenvalue weighted by Gasteiger charge is 2.30. The van der Waals surface area contributed by atoms with Crippen molar-refractivity contribution in [1.29, 1.82) is 0 Å². The van der Waals surface area contributed by atoms with Crippen molar-refractivity contribution in [2.45, 2.75) is 64.3 Å². The number of aromatic nitrogens is 2. The number of ether oxygens (including phenoxy) is 1. The average molecular weight is 517 g/mol. The van der Waals surface area contributed by atoms with Gasteiger partial charge in [-0.15, -0.1) is 0 Å². The van der Waals surface area contributed by atoms with Crippen molar-refractivity contribution in [3.63, 3.8) is 0 Å². The van der Waals surface area contributed by atoms with Gasteiger partial charge < -0.3 is 19.9 Å². The molecule has 3 aromatic rings. The number of aryl methyl sites for hydroxylation is 1. The van der Waals surface area contributed by atoms with E-state index in [1.54, 1.807) is 32.9 Å². The van der Waals surface area contributed by atoms with E-state index in [9.17, 15) is 22.8 Å². The summed E-state index contributed by atoms with van der Waals surface area (Å²) in [6.45, 7) is 5.22. The summed E-state index contributed by atoms with van der Waals surface area (Å²) in [6.07, 6.45) is -3.78. The number of anilines is 1. The van der Waals surface area contributed by atoms with Crippen LogP contribution in [0, 0.1) is 0 Å². The van der Waals surface area contributed by atoms with Crippen molar-refractivity contribution in [1.82, 2.24) is 15.5 Å². The Morgan fingerprint density at radius 3 is 2.57 bits per heavy atom. The lowest BCUT2D eigenvalue weighted by molar-refractivity contribution is -0.137. The molecule has 0 bridgehead atoms. The summed E-state index contributed by atoms with van der Waals surface area (Å²) >= 11 is 0. The van der Waals surface area contributed by atoms with Gasteiger partial charge >= 0.3 is 12.3 Å². The van der Waals surface area contributed by atoms with Crippen molar-refractivity contribution in [2.24, 2.45) is 0 Å². The molecule has 37 heavy (non-hydrogen) atoms. The van der Waals surface area contributed by atoms with Gasteiger partial charge in [0.2, 0.25) is 17.6 Å². The zero-order valence-electron chi connectivity index (χ0n) is 20.6. The fourth-order valence-corrected chi connectivity index (χ4v) is 3.95. The number of alkyl carbamates (subject to hydrolysis) is 1. The Morgan fingerprint density at radius 1 is 1.16 bits per heavy atom. The van der Waals surface area contributed by atoms with Gasteiger partial charge in [-0.3, -0.25) is 4.79 Å². The molecule has 196 valence electrons. The minimum Gasteiger partial charge on any atom is -0.444 e. The lowest BCUT2D eigenvalue weighted by Crippen LogP contribution is -2.40. The van der Waals surface area contributed by atoms with Crippen molar-refractivity contribution in [3.8, 4) is 11.4 Å². The lowest BCUT2D eigenvalue weighted by Gasteiger charge is -2.23. The molecule has 0 fully saturated rings. The zero-order chi connectivity index (χ0) is 26.8. The van der Waals surface area contributed by atoms with Crippen LogP contribution in [0.2, 0.25) is 0 Å². The second kappa shape index (κ2) is 10.2. The molecular weight excluding hydrogens is 489 g/mol. The maximum Gasteiger partial charge on any atom is 0.416 e. The van der Waals surface area contributed by atoms with Gasteiger partial charge in [-0.2, -0.15) is 18.2 Å². The monoisotopic (exact) mass is 516 g/mol. The summed E-state index contributed by atoms with van der Waals surface area (Å²) < 4.78 is 49.5. The summed E-state index contributed by atoms with van der Waals surface area (Å²) in [5.74, 6) is 0.641. The molecule has 0 aliphatic carbocycles. The van der Waals surface area contributed by atoms with E-state index in [0.717, 1.165) is 23.4 Å². The van der Waals surface area contributed by atoms with Gasteiger partial charge in [-0.05, 0) is 75.1 Å². The molecule has 0 saturated heterocycles. The second-order valence-corrected chi connectivity index (χ2v) is 9.89. The molecule has 2 heterocycles. The molecule has 1 atom stereocenters. The Bertz CT molecular complexity index is 1280. The van der Waals surface area contributed by atoms with Crippen LogP contribution in [-0.2, 0) is 35.0 Å². The van der Waals surface area contributed by atoms with Gasteiger partial charge in [0.05, 0.1) is 12.0 Å². The molecular formula is C26H27F3N4O4. The Balaban J connectivity index is 1.44. The number of carbonyl (C=O) groups is 2. The number of nitrogens with zero attached hydrogens (tertiary/aromatic N) is 2. The molecule has 1 aliphatic heterocycles. The van der Waals surface area contributed by atoms with E-state index in [4.69, 9.17) is 9.26 Å². The van der Waals surface area contributed by atoms with Gasteiger partial charge in [0.1, 0.15) is 5.60 Å². The van der Waals surface area contributed by atoms with Crippen LogP contribution in [0.1, 0.15) is 49.8 Å². The highest BCUT2D eigenvalue weighted by atomic mass is 19.4. The molecule has 1 aromatic heterocycles. The molecule has 2 aromatic carbocycles. The number of nitrogens with one attached hydrogen (secondary N) is 2. The molecule has 0 saturated carbocycles. The van der Waals surface area contributed by atoms with E-state index in [1.165, 1.54) is 12.1 Å². The first-order valence-electron chi connectivity index (χ1n) is 11.8. The number of benzene rings is 2. The first kappa shape index (κ1) is 26.2. The zero-order valence-corrected chi connectivity index (χ0v) is 20.6. The number of hydrogen-bond acceptors (Lipinski definition) is 6. The Morgan fingerprint density at radius 2 is 1.89 bits per heavy atom. The number of alkyl halides is 3. The topological polar surface area (TPSA) is 106 Å². The van der Waals surface area contributed by atoms with Crippen molar-refractivity contribution < 1.29 is 32.0 Å². The van der Waals surface area contributed by atoms with E-state index in [-0.39, 0.29) is 18.7 Å². The molecule has 8 nitrogen and oxygen atoms in total. The van der Waals surface area contributed by atoms with Crippen LogP contribution < -0.4 is 10.6 Å². The molecule has 0 unspecified atom stereocenters. The third-order valence-corrected chi connectivity index (χ3v) is 5.65. The summed E-state index contributed by atoms with van der Waals surface area (Å²) in [7, 11) is 0. The van der Waals surface area contributed by atoms with Gasteiger partial charge in [0.25, 0.3) is 0 Å². The molecule has 0 radical (unpaired) electrons. The molecule has 11 heteroatoms. The summed E-state index contributed by atoms with van der Waals surface area (Å²) in [5, 5.41) is 9.59. The average Bonchev–Trinajstić information content (AvgIpc) is 3.41. The third-order valence-electron chi connectivity index (χ3n) is 5.65. The van der Waals surface area contributed by atoms with E-state index >= 15 is 0 Å². The number of rotatable bonds is 7. The van der Waals surface area contributed by atoms with Crippen LogP contribution in [0.3, 0.4) is 0 Å². The number of carbonyl (C=O) groups excluding carboxylic acids is 2. The van der Waals surface area contributed by atoms with Crippen LogP contribution in [0.15, 0.2) is 47.0 Å². The van der Waals surface area contributed by atoms with Crippen LogP contribution in [0.25, 0.3) is 11.4 Å². The SMILES string of the molecule is CC(C)(C)OC(=O)N[C@H](CCc1nc(-c2ccc3c(c2)CC(=O)N3)no1)Cc1ccc(C(F)(F)F)cc1. The van der Waals surface area contributed by atoms with E-state index in [1.807, 2.05) is 6.07 Å². The number of hydrogen-bond donors (Lipinski definition) is 2. The van der Waals surface area contributed by atoms with Crippen molar-refractivity contribution in [2.75, 3.05) is 5.32 Å². The van der Waals surface area contributed by atoms with E-state index in [0.29, 0.717) is 35.7 Å². The van der Waals surface area contributed by atoms with Gasteiger partial charge in [-0.25, -0.2) is 4.79 Å². The Labute approximate surface area is 211 Å². The summed E-state index contributed by atoms with van der Waals surface area (Å²) in [6, 6.07) is 9.77. The number of fused-ring (bicyclic) bond motifs is 1. The first-order valence-corrected chi connectivity index (χ1v) is 11.8. The van der Waals surface area contributed by atoms with E-state index in [2.05, 4.69) is 20.8 Å². The third kappa shape index (κ3) is 7.08. The molecule has 4 rings (SSSR count). The summed E-state index contributed by atoms with van der Waals surface area (Å²) in [4.78, 5) is 28.4. The van der Waals surface area contributed by atoms with Gasteiger partial charge in [-0.1, -0.05) is 17.3 Å². The molecule has 2 amide bonds. The summed E-state index contributed by atoms with van der Waals surface area (Å²) in [5.41, 5.74) is 1.50.